The summed E-state index contributed by atoms with van der Waals surface area (Å²) >= 11 is 3.51. The van der Waals surface area contributed by atoms with Gasteiger partial charge in [0.25, 0.3) is 0 Å². The Labute approximate surface area is 117 Å². The van der Waals surface area contributed by atoms with E-state index in [1.54, 1.807) is 0 Å². The molecule has 18 heavy (non-hydrogen) atoms. The zero-order valence-electron chi connectivity index (χ0n) is 10.9. The van der Waals surface area contributed by atoms with Crippen LogP contribution >= 0.6 is 15.9 Å². The Morgan fingerprint density at radius 2 is 2.06 bits per heavy atom. The molecule has 0 spiro atoms. The minimum Gasteiger partial charge on any atom is -0.309 e. The predicted molar refractivity (Wildman–Crippen MR) is 79.0 cm³/mol. The van der Waals surface area contributed by atoms with Crippen molar-refractivity contribution in [3.8, 4) is 0 Å². The quantitative estimate of drug-likeness (QED) is 0.780. The Kier molecular flexibility index (Phi) is 4.36. The lowest BCUT2D eigenvalue weighted by atomic mass is 10.0. The summed E-state index contributed by atoms with van der Waals surface area (Å²) in [7, 11) is 3.99. The van der Waals surface area contributed by atoms with E-state index < -0.39 is 0 Å². The second-order valence-corrected chi connectivity index (χ2v) is 5.46. The molecule has 0 unspecified atom stereocenters. The number of fused-ring (bicyclic) bond motifs is 1. The summed E-state index contributed by atoms with van der Waals surface area (Å²) in [6.45, 7) is 0.814. The Balaban J connectivity index is 2.21. The number of allylic oxidation sites excluding steroid dienone is 2. The number of Topliss-reactive ketones (excluding diaryl/α,β-unsaturated/α-hetero) is 1. The van der Waals surface area contributed by atoms with Crippen LogP contribution in [0.3, 0.4) is 0 Å². The van der Waals surface area contributed by atoms with Gasteiger partial charge in [0.15, 0.2) is 5.78 Å². The van der Waals surface area contributed by atoms with Crippen LogP contribution in [0.2, 0.25) is 0 Å². The monoisotopic (exact) mass is 307 g/mol. The molecule has 0 saturated heterocycles. The second kappa shape index (κ2) is 5.81. The first kappa shape index (κ1) is 13.5. The van der Waals surface area contributed by atoms with Crippen LogP contribution in [0.15, 0.2) is 29.8 Å². The van der Waals surface area contributed by atoms with Crippen LogP contribution in [0.5, 0.6) is 0 Å². The maximum absolute atomic E-state index is 12.3. The number of carbonyl (C=O) groups is 1. The van der Waals surface area contributed by atoms with Crippen molar-refractivity contribution in [3.63, 3.8) is 0 Å². The normalized spacial score (nSPS) is 14.2. The topological polar surface area (TPSA) is 20.3 Å². The summed E-state index contributed by atoms with van der Waals surface area (Å²) in [5, 5.41) is 0.757. The van der Waals surface area contributed by atoms with Crippen molar-refractivity contribution >= 4 is 27.3 Å². The summed E-state index contributed by atoms with van der Waals surface area (Å²) in [5.74, 6) is 0.286. The molecule has 0 N–H and O–H groups in total. The molecule has 0 atom stereocenters. The summed E-state index contributed by atoms with van der Waals surface area (Å²) in [4.78, 5) is 14.3. The van der Waals surface area contributed by atoms with Crippen LogP contribution in [0, 0.1) is 0 Å². The number of hydrogen-bond acceptors (Lipinski definition) is 2. The fraction of sp³-hybridized carbons (Fsp3) is 0.400. The molecule has 1 aliphatic rings. The molecule has 0 heterocycles. The number of ketones is 1. The van der Waals surface area contributed by atoms with Crippen molar-refractivity contribution in [1.29, 1.82) is 0 Å². The molecule has 0 amide bonds. The van der Waals surface area contributed by atoms with Gasteiger partial charge >= 0.3 is 0 Å². The lowest BCUT2D eigenvalue weighted by Crippen LogP contribution is -2.18. The molecule has 2 nitrogen and oxygen atoms in total. The van der Waals surface area contributed by atoms with Crippen molar-refractivity contribution in [3.05, 3.63) is 41.0 Å². The average molecular weight is 308 g/mol. The fourth-order valence-corrected chi connectivity index (χ4v) is 2.96. The van der Waals surface area contributed by atoms with Gasteiger partial charge in [-0.3, -0.25) is 4.79 Å². The van der Waals surface area contributed by atoms with Crippen LogP contribution < -0.4 is 0 Å². The highest BCUT2D eigenvalue weighted by Gasteiger charge is 2.24. The molecule has 0 aliphatic heterocycles. The van der Waals surface area contributed by atoms with Crippen molar-refractivity contribution in [2.24, 2.45) is 0 Å². The molecule has 1 aliphatic carbocycles. The van der Waals surface area contributed by atoms with Crippen LogP contribution in [-0.2, 0) is 11.2 Å². The van der Waals surface area contributed by atoms with Crippen LogP contribution in [-0.4, -0.2) is 36.7 Å². The number of alkyl halides is 1. The molecule has 0 radical (unpaired) electrons. The minimum atomic E-state index is 0.286. The van der Waals surface area contributed by atoms with Crippen molar-refractivity contribution in [2.45, 2.75) is 12.8 Å². The number of halogens is 1. The lowest BCUT2D eigenvalue weighted by molar-refractivity contribution is -0.115. The van der Waals surface area contributed by atoms with Crippen molar-refractivity contribution < 1.29 is 4.79 Å². The maximum Gasteiger partial charge on any atom is 0.160 e. The van der Waals surface area contributed by atoms with E-state index in [-0.39, 0.29) is 5.78 Å². The standard InChI is InChI=1S/C15H18BrNO/c1-17(2)8-7-15(18)13-9-11-5-3-4-6-12(11)14(13)10-16/h3-6H,7-10H2,1-2H3. The van der Waals surface area contributed by atoms with Gasteiger partial charge in [-0.05, 0) is 30.8 Å². The molecule has 0 saturated carbocycles. The first-order chi connectivity index (χ1) is 8.63. The van der Waals surface area contributed by atoms with Gasteiger partial charge in [-0.1, -0.05) is 40.2 Å². The molecule has 0 bridgehead atoms. The van der Waals surface area contributed by atoms with Crippen molar-refractivity contribution in [2.75, 3.05) is 26.0 Å². The van der Waals surface area contributed by atoms with Gasteiger partial charge in [-0.25, -0.2) is 0 Å². The molecule has 1 aromatic rings. The van der Waals surface area contributed by atoms with E-state index in [1.807, 2.05) is 31.1 Å². The van der Waals surface area contributed by atoms with E-state index >= 15 is 0 Å². The zero-order valence-corrected chi connectivity index (χ0v) is 12.5. The van der Waals surface area contributed by atoms with Gasteiger partial charge in [0, 0.05) is 30.3 Å². The first-order valence-corrected chi connectivity index (χ1v) is 7.30. The van der Waals surface area contributed by atoms with Gasteiger partial charge in [0.05, 0.1) is 0 Å². The van der Waals surface area contributed by atoms with E-state index in [1.165, 1.54) is 16.7 Å². The summed E-state index contributed by atoms with van der Waals surface area (Å²) in [6, 6.07) is 8.30. The van der Waals surface area contributed by atoms with E-state index in [2.05, 4.69) is 28.1 Å². The first-order valence-electron chi connectivity index (χ1n) is 6.17. The van der Waals surface area contributed by atoms with Gasteiger partial charge in [0.2, 0.25) is 0 Å². The third kappa shape index (κ3) is 2.73. The number of nitrogens with zero attached hydrogens (tertiary/aromatic N) is 1. The Morgan fingerprint density at radius 1 is 1.33 bits per heavy atom. The largest absolute Gasteiger partial charge is 0.309 e. The second-order valence-electron chi connectivity index (χ2n) is 4.90. The van der Waals surface area contributed by atoms with Gasteiger partial charge in [0.1, 0.15) is 0 Å². The maximum atomic E-state index is 12.3. The molecule has 2 rings (SSSR count). The van der Waals surface area contributed by atoms with E-state index in [9.17, 15) is 4.79 Å². The fourth-order valence-electron chi connectivity index (χ4n) is 2.32. The SMILES string of the molecule is CN(C)CCC(=O)C1=C(CBr)c2ccccc2C1. The zero-order chi connectivity index (χ0) is 13.1. The third-order valence-corrected chi connectivity index (χ3v) is 3.89. The minimum absolute atomic E-state index is 0.286. The number of hydrogen-bond donors (Lipinski definition) is 0. The molecular weight excluding hydrogens is 290 g/mol. The number of carbonyl (C=O) groups excluding carboxylic acids is 1. The highest BCUT2D eigenvalue weighted by Crippen LogP contribution is 2.34. The Hall–Kier alpha value is -0.930. The third-order valence-electron chi connectivity index (χ3n) is 3.33. The van der Waals surface area contributed by atoms with Gasteiger partial charge < -0.3 is 4.90 Å². The number of benzene rings is 1. The highest BCUT2D eigenvalue weighted by atomic mass is 79.9. The summed E-state index contributed by atoms with van der Waals surface area (Å²) in [6.07, 6.45) is 1.40. The molecule has 96 valence electrons. The average Bonchev–Trinajstić information content (AvgIpc) is 2.74. The molecule has 3 heteroatoms. The van der Waals surface area contributed by atoms with E-state index in [0.29, 0.717) is 6.42 Å². The van der Waals surface area contributed by atoms with Crippen LogP contribution in [0.4, 0.5) is 0 Å². The van der Waals surface area contributed by atoms with Gasteiger partial charge in [-0.15, -0.1) is 0 Å². The van der Waals surface area contributed by atoms with Crippen LogP contribution in [0.1, 0.15) is 17.5 Å². The predicted octanol–water partition coefficient (Wildman–Crippen LogP) is 2.91. The highest BCUT2D eigenvalue weighted by molar-refractivity contribution is 9.09. The smallest absolute Gasteiger partial charge is 0.160 e. The Morgan fingerprint density at radius 3 is 2.72 bits per heavy atom. The Bertz CT molecular complexity index is 491. The summed E-state index contributed by atoms with van der Waals surface area (Å²) in [5.41, 5.74) is 4.69. The molecule has 0 aromatic heterocycles. The molecule has 0 fully saturated rings. The number of rotatable bonds is 5. The summed E-state index contributed by atoms with van der Waals surface area (Å²) < 4.78 is 0. The van der Waals surface area contributed by atoms with E-state index in [0.717, 1.165) is 23.9 Å². The van der Waals surface area contributed by atoms with Gasteiger partial charge in [-0.2, -0.15) is 0 Å². The lowest BCUT2D eigenvalue weighted by Gasteiger charge is -2.09. The van der Waals surface area contributed by atoms with E-state index in [4.69, 9.17) is 0 Å². The van der Waals surface area contributed by atoms with Crippen molar-refractivity contribution in [1.82, 2.24) is 4.90 Å². The molecule has 1 aromatic carbocycles. The van der Waals surface area contributed by atoms with Crippen LogP contribution in [0.25, 0.3) is 5.57 Å². The molecular formula is C15H18BrNO.